The smallest absolute Gasteiger partial charge is 0.335 e. The first-order chi connectivity index (χ1) is 11.1. The predicted octanol–water partition coefficient (Wildman–Crippen LogP) is 1.64. The standard InChI is InChI=1S/C17H19N3O3/c1-19-8-10-20(11-9-19)15-5-3-14(4-6-15)18-17(22)13-2-7-16(21)23-12-13/h2-7,12H,8-11H2,1H3,(H,18,22). The third kappa shape index (κ3) is 3.78. The van der Waals surface area contributed by atoms with Crippen molar-refractivity contribution in [3.8, 4) is 0 Å². The van der Waals surface area contributed by atoms with Crippen molar-refractivity contribution in [1.82, 2.24) is 4.90 Å². The van der Waals surface area contributed by atoms with Gasteiger partial charge in [0.1, 0.15) is 6.26 Å². The van der Waals surface area contributed by atoms with E-state index < -0.39 is 5.63 Å². The largest absolute Gasteiger partial charge is 0.430 e. The van der Waals surface area contributed by atoms with Crippen molar-refractivity contribution in [3.05, 3.63) is 58.6 Å². The van der Waals surface area contributed by atoms with Crippen LogP contribution in [0.3, 0.4) is 0 Å². The van der Waals surface area contributed by atoms with Gasteiger partial charge in [0.2, 0.25) is 0 Å². The molecule has 6 heteroatoms. The fraction of sp³-hybridized carbons (Fsp3) is 0.294. The van der Waals surface area contributed by atoms with Gasteiger partial charge in [-0.1, -0.05) is 0 Å². The number of hydrogen-bond acceptors (Lipinski definition) is 5. The van der Waals surface area contributed by atoms with Crippen LogP contribution in [0, 0.1) is 0 Å². The first-order valence-electron chi connectivity index (χ1n) is 7.55. The third-order valence-corrected chi connectivity index (χ3v) is 3.96. The summed E-state index contributed by atoms with van der Waals surface area (Å²) in [7, 11) is 2.13. The van der Waals surface area contributed by atoms with Gasteiger partial charge in [0.05, 0.1) is 5.56 Å². The highest BCUT2D eigenvalue weighted by Gasteiger charge is 2.14. The molecule has 120 valence electrons. The molecular formula is C17H19N3O3. The van der Waals surface area contributed by atoms with Gasteiger partial charge in [0.25, 0.3) is 5.91 Å². The molecule has 1 N–H and O–H groups in total. The molecule has 1 aromatic carbocycles. The Bertz CT molecular complexity index is 711. The number of amides is 1. The van der Waals surface area contributed by atoms with Crippen LogP contribution in [-0.2, 0) is 0 Å². The Morgan fingerprint density at radius 3 is 2.35 bits per heavy atom. The topological polar surface area (TPSA) is 65.8 Å². The van der Waals surface area contributed by atoms with E-state index in [2.05, 4.69) is 22.2 Å². The van der Waals surface area contributed by atoms with Crippen molar-refractivity contribution < 1.29 is 9.21 Å². The minimum atomic E-state index is -0.474. The maximum atomic E-state index is 12.1. The van der Waals surface area contributed by atoms with Crippen LogP contribution in [0.1, 0.15) is 10.4 Å². The second-order valence-electron chi connectivity index (χ2n) is 5.63. The zero-order chi connectivity index (χ0) is 16.2. The summed E-state index contributed by atoms with van der Waals surface area (Å²) < 4.78 is 4.70. The number of likely N-dealkylation sites (N-methyl/N-ethyl adjacent to an activating group) is 1. The molecule has 1 aliphatic heterocycles. The maximum absolute atomic E-state index is 12.1. The van der Waals surface area contributed by atoms with Gasteiger partial charge in [0, 0.05) is 43.6 Å². The first kappa shape index (κ1) is 15.3. The van der Waals surface area contributed by atoms with Crippen LogP contribution in [0.2, 0.25) is 0 Å². The van der Waals surface area contributed by atoms with Crippen LogP contribution in [0.4, 0.5) is 11.4 Å². The highest BCUT2D eigenvalue weighted by Crippen LogP contribution is 2.19. The lowest BCUT2D eigenvalue weighted by molar-refractivity contribution is 0.102. The number of nitrogens with one attached hydrogen (secondary N) is 1. The molecule has 0 atom stereocenters. The lowest BCUT2D eigenvalue weighted by Gasteiger charge is -2.34. The Labute approximate surface area is 134 Å². The average Bonchev–Trinajstić information content (AvgIpc) is 2.57. The van der Waals surface area contributed by atoms with Crippen LogP contribution in [0.5, 0.6) is 0 Å². The fourth-order valence-corrected chi connectivity index (χ4v) is 2.51. The Balaban J connectivity index is 1.64. The molecule has 0 radical (unpaired) electrons. The van der Waals surface area contributed by atoms with Gasteiger partial charge in [-0.25, -0.2) is 4.79 Å². The number of benzene rings is 1. The lowest BCUT2D eigenvalue weighted by Crippen LogP contribution is -2.44. The molecule has 1 saturated heterocycles. The zero-order valence-corrected chi connectivity index (χ0v) is 13.0. The van der Waals surface area contributed by atoms with Gasteiger partial charge in [-0.2, -0.15) is 0 Å². The summed E-state index contributed by atoms with van der Waals surface area (Å²) in [6.07, 6.45) is 1.16. The van der Waals surface area contributed by atoms with E-state index in [0.717, 1.165) is 38.1 Å². The highest BCUT2D eigenvalue weighted by atomic mass is 16.4. The van der Waals surface area contributed by atoms with Crippen LogP contribution < -0.4 is 15.8 Å². The highest BCUT2D eigenvalue weighted by molar-refractivity contribution is 6.03. The van der Waals surface area contributed by atoms with Gasteiger partial charge >= 0.3 is 5.63 Å². The summed E-state index contributed by atoms with van der Waals surface area (Å²) in [5.74, 6) is -0.305. The molecule has 1 amide bonds. The van der Waals surface area contributed by atoms with E-state index in [0.29, 0.717) is 11.3 Å². The van der Waals surface area contributed by atoms with Crippen LogP contribution in [0.15, 0.2) is 51.9 Å². The molecule has 6 nitrogen and oxygen atoms in total. The normalized spacial score (nSPS) is 15.4. The van der Waals surface area contributed by atoms with Crippen molar-refractivity contribution >= 4 is 17.3 Å². The SMILES string of the molecule is CN1CCN(c2ccc(NC(=O)c3ccc(=O)oc3)cc2)CC1. The van der Waals surface area contributed by atoms with Crippen molar-refractivity contribution in [2.45, 2.75) is 0 Å². The summed E-state index contributed by atoms with van der Waals surface area (Å²) >= 11 is 0. The van der Waals surface area contributed by atoms with E-state index in [4.69, 9.17) is 4.42 Å². The summed E-state index contributed by atoms with van der Waals surface area (Å²) in [6, 6.07) is 10.4. The second-order valence-corrected chi connectivity index (χ2v) is 5.63. The quantitative estimate of drug-likeness (QED) is 0.933. The molecule has 2 aromatic rings. The van der Waals surface area contributed by atoms with E-state index >= 15 is 0 Å². The fourth-order valence-electron chi connectivity index (χ4n) is 2.51. The van der Waals surface area contributed by atoms with Crippen molar-refractivity contribution in [2.24, 2.45) is 0 Å². The van der Waals surface area contributed by atoms with Gasteiger partial charge in [0.15, 0.2) is 0 Å². The second kappa shape index (κ2) is 6.66. The molecule has 1 aliphatic rings. The maximum Gasteiger partial charge on any atom is 0.335 e. The molecule has 0 bridgehead atoms. The zero-order valence-electron chi connectivity index (χ0n) is 13.0. The predicted molar refractivity (Wildman–Crippen MR) is 89.1 cm³/mol. The molecule has 0 unspecified atom stereocenters. The van der Waals surface area contributed by atoms with Crippen molar-refractivity contribution in [3.63, 3.8) is 0 Å². The minimum Gasteiger partial charge on any atom is -0.430 e. The third-order valence-electron chi connectivity index (χ3n) is 3.96. The van der Waals surface area contributed by atoms with Crippen LogP contribution in [-0.4, -0.2) is 44.0 Å². The Morgan fingerprint density at radius 1 is 1.04 bits per heavy atom. The van der Waals surface area contributed by atoms with E-state index in [9.17, 15) is 9.59 Å². The summed E-state index contributed by atoms with van der Waals surface area (Å²) in [4.78, 5) is 27.6. The molecule has 0 saturated carbocycles. The van der Waals surface area contributed by atoms with E-state index in [-0.39, 0.29) is 5.91 Å². The van der Waals surface area contributed by atoms with E-state index in [1.807, 2.05) is 24.3 Å². The summed E-state index contributed by atoms with van der Waals surface area (Å²) in [5.41, 5.74) is 1.70. The molecule has 3 rings (SSSR count). The van der Waals surface area contributed by atoms with Crippen LogP contribution >= 0.6 is 0 Å². The monoisotopic (exact) mass is 313 g/mol. The molecule has 0 spiro atoms. The summed E-state index contributed by atoms with van der Waals surface area (Å²) in [5, 5.41) is 2.79. The molecular weight excluding hydrogens is 294 g/mol. The van der Waals surface area contributed by atoms with E-state index in [1.54, 1.807) is 0 Å². The molecule has 2 heterocycles. The van der Waals surface area contributed by atoms with Gasteiger partial charge in [-0.15, -0.1) is 0 Å². The van der Waals surface area contributed by atoms with E-state index in [1.165, 1.54) is 12.1 Å². The average molecular weight is 313 g/mol. The number of carbonyl (C=O) groups is 1. The minimum absolute atomic E-state index is 0.305. The number of carbonyl (C=O) groups excluding carboxylic acids is 1. The van der Waals surface area contributed by atoms with Gasteiger partial charge < -0.3 is 19.5 Å². The number of rotatable bonds is 3. The number of anilines is 2. The van der Waals surface area contributed by atoms with Crippen molar-refractivity contribution in [2.75, 3.05) is 43.4 Å². The number of nitrogens with zero attached hydrogens (tertiary/aromatic N) is 2. The van der Waals surface area contributed by atoms with Crippen LogP contribution in [0.25, 0.3) is 0 Å². The van der Waals surface area contributed by atoms with Crippen molar-refractivity contribution in [1.29, 1.82) is 0 Å². The molecule has 23 heavy (non-hydrogen) atoms. The lowest BCUT2D eigenvalue weighted by atomic mass is 10.2. The number of piperazine rings is 1. The molecule has 1 aromatic heterocycles. The molecule has 0 aliphatic carbocycles. The first-order valence-corrected chi connectivity index (χ1v) is 7.55. The van der Waals surface area contributed by atoms with Gasteiger partial charge in [-0.3, -0.25) is 4.79 Å². The van der Waals surface area contributed by atoms with Gasteiger partial charge in [-0.05, 0) is 37.4 Å². The number of hydrogen-bond donors (Lipinski definition) is 1. The molecule has 1 fully saturated rings. The summed E-state index contributed by atoms with van der Waals surface area (Å²) in [6.45, 7) is 4.12. The Kier molecular flexibility index (Phi) is 4.43. The Morgan fingerprint density at radius 2 is 1.74 bits per heavy atom. The Hall–Kier alpha value is -2.60.